The van der Waals surface area contributed by atoms with E-state index in [1.807, 2.05) is 11.3 Å². The van der Waals surface area contributed by atoms with Gasteiger partial charge < -0.3 is 5.32 Å². The predicted molar refractivity (Wildman–Crippen MR) is 90.8 cm³/mol. The first-order valence-electron chi connectivity index (χ1n) is 7.69. The van der Waals surface area contributed by atoms with Crippen LogP contribution in [0.4, 0.5) is 0 Å². The number of thiophene rings is 1. The van der Waals surface area contributed by atoms with Crippen LogP contribution in [0.25, 0.3) is 0 Å². The van der Waals surface area contributed by atoms with Crippen molar-refractivity contribution in [2.45, 2.75) is 32.4 Å². The summed E-state index contributed by atoms with van der Waals surface area (Å²) in [6.07, 6.45) is 0. The molecule has 0 spiro atoms. The first-order chi connectivity index (χ1) is 10.1. The molecule has 0 aliphatic carbocycles. The summed E-state index contributed by atoms with van der Waals surface area (Å²) < 4.78 is 0. The van der Waals surface area contributed by atoms with Crippen molar-refractivity contribution in [2.24, 2.45) is 0 Å². The fourth-order valence-electron chi connectivity index (χ4n) is 3.20. The van der Waals surface area contributed by atoms with Crippen LogP contribution in [0.2, 0.25) is 0 Å². The third-order valence-corrected chi connectivity index (χ3v) is 5.74. The molecule has 1 fully saturated rings. The molecule has 1 aromatic heterocycles. The Labute approximate surface area is 131 Å². The summed E-state index contributed by atoms with van der Waals surface area (Å²) in [7, 11) is 0. The highest BCUT2D eigenvalue weighted by atomic mass is 32.1. The van der Waals surface area contributed by atoms with Crippen molar-refractivity contribution >= 4 is 11.3 Å². The molecule has 0 radical (unpaired) electrons. The molecule has 0 amide bonds. The Morgan fingerprint density at radius 1 is 1.19 bits per heavy atom. The van der Waals surface area contributed by atoms with Crippen molar-refractivity contribution in [3.05, 3.63) is 57.8 Å². The molecule has 3 rings (SSSR count). The van der Waals surface area contributed by atoms with Gasteiger partial charge in [-0.3, -0.25) is 4.90 Å². The van der Waals surface area contributed by atoms with E-state index in [-0.39, 0.29) is 5.54 Å². The van der Waals surface area contributed by atoms with E-state index in [0.29, 0.717) is 6.04 Å². The predicted octanol–water partition coefficient (Wildman–Crippen LogP) is 3.94. The lowest BCUT2D eigenvalue weighted by atomic mass is 9.89. The van der Waals surface area contributed by atoms with Crippen LogP contribution in [0.1, 0.15) is 35.2 Å². The van der Waals surface area contributed by atoms with Crippen LogP contribution in [-0.4, -0.2) is 24.5 Å². The number of hydrogen-bond acceptors (Lipinski definition) is 3. The van der Waals surface area contributed by atoms with Crippen molar-refractivity contribution in [2.75, 3.05) is 19.6 Å². The minimum absolute atomic E-state index is 0.0417. The van der Waals surface area contributed by atoms with Gasteiger partial charge in [0.05, 0.1) is 5.54 Å². The summed E-state index contributed by atoms with van der Waals surface area (Å²) in [6, 6.07) is 15.8. The average Bonchev–Trinajstić information content (AvgIpc) is 2.94. The van der Waals surface area contributed by atoms with Gasteiger partial charge in [-0.1, -0.05) is 30.3 Å². The molecule has 1 saturated heterocycles. The van der Waals surface area contributed by atoms with Gasteiger partial charge >= 0.3 is 0 Å². The second kappa shape index (κ2) is 5.91. The molecule has 2 aromatic rings. The Balaban J connectivity index is 1.79. The lowest BCUT2D eigenvalue weighted by Crippen LogP contribution is -2.56. The van der Waals surface area contributed by atoms with Gasteiger partial charge in [0.2, 0.25) is 0 Å². The van der Waals surface area contributed by atoms with Crippen LogP contribution in [-0.2, 0) is 5.54 Å². The highest BCUT2D eigenvalue weighted by Crippen LogP contribution is 2.32. The molecule has 2 atom stereocenters. The Kier molecular flexibility index (Phi) is 4.16. The lowest BCUT2D eigenvalue weighted by molar-refractivity contribution is 0.108. The van der Waals surface area contributed by atoms with E-state index in [0.717, 1.165) is 19.6 Å². The summed E-state index contributed by atoms with van der Waals surface area (Å²) >= 11 is 1.92. The molecule has 2 heterocycles. The summed E-state index contributed by atoms with van der Waals surface area (Å²) in [5.74, 6) is 0. The fraction of sp³-hybridized carbons (Fsp3) is 0.444. The Morgan fingerprint density at radius 3 is 2.62 bits per heavy atom. The smallest absolute Gasteiger partial charge is 0.0535 e. The number of piperazine rings is 1. The molecular weight excluding hydrogens is 276 g/mol. The highest BCUT2D eigenvalue weighted by Gasteiger charge is 2.34. The maximum absolute atomic E-state index is 3.72. The topological polar surface area (TPSA) is 15.3 Å². The van der Waals surface area contributed by atoms with Gasteiger partial charge in [-0.05, 0) is 38.5 Å². The summed E-state index contributed by atoms with van der Waals surface area (Å²) in [6.45, 7) is 10.0. The molecule has 3 heteroatoms. The number of hydrogen-bond donors (Lipinski definition) is 1. The number of benzene rings is 1. The fourth-order valence-corrected chi connectivity index (χ4v) is 4.17. The van der Waals surface area contributed by atoms with Crippen molar-refractivity contribution in [3.8, 4) is 0 Å². The Morgan fingerprint density at radius 2 is 1.95 bits per heavy atom. The van der Waals surface area contributed by atoms with E-state index < -0.39 is 0 Å². The van der Waals surface area contributed by atoms with E-state index in [1.165, 1.54) is 15.3 Å². The first kappa shape index (κ1) is 14.8. The molecule has 1 aromatic carbocycles. The summed E-state index contributed by atoms with van der Waals surface area (Å²) in [5.41, 5.74) is 1.42. The number of nitrogens with zero attached hydrogens (tertiary/aromatic N) is 1. The molecular formula is C18H24N2S. The van der Waals surface area contributed by atoms with E-state index in [4.69, 9.17) is 0 Å². The third-order valence-electron chi connectivity index (χ3n) is 4.57. The third kappa shape index (κ3) is 3.05. The van der Waals surface area contributed by atoms with Gasteiger partial charge in [-0.2, -0.15) is 0 Å². The number of rotatable bonds is 3. The molecule has 1 aliphatic heterocycles. The van der Waals surface area contributed by atoms with Crippen LogP contribution in [0.3, 0.4) is 0 Å². The van der Waals surface area contributed by atoms with Gasteiger partial charge in [0.25, 0.3) is 0 Å². The van der Waals surface area contributed by atoms with Crippen LogP contribution in [0, 0.1) is 6.92 Å². The van der Waals surface area contributed by atoms with E-state index >= 15 is 0 Å². The average molecular weight is 300 g/mol. The molecule has 1 N–H and O–H groups in total. The van der Waals surface area contributed by atoms with Crippen LogP contribution >= 0.6 is 11.3 Å². The lowest BCUT2D eigenvalue weighted by Gasteiger charge is -2.44. The van der Waals surface area contributed by atoms with Crippen molar-refractivity contribution < 1.29 is 0 Å². The van der Waals surface area contributed by atoms with Gasteiger partial charge in [0.15, 0.2) is 0 Å². The maximum atomic E-state index is 3.72. The zero-order chi connectivity index (χ0) is 14.9. The van der Waals surface area contributed by atoms with Gasteiger partial charge in [-0.25, -0.2) is 0 Å². The van der Waals surface area contributed by atoms with Crippen LogP contribution in [0.15, 0.2) is 42.5 Å². The quantitative estimate of drug-likeness (QED) is 0.923. The molecule has 1 aliphatic rings. The zero-order valence-corrected chi connectivity index (χ0v) is 13.9. The molecule has 2 unspecified atom stereocenters. The zero-order valence-electron chi connectivity index (χ0n) is 13.1. The van der Waals surface area contributed by atoms with Crippen LogP contribution in [0.5, 0.6) is 0 Å². The highest BCUT2D eigenvalue weighted by molar-refractivity contribution is 7.12. The normalized spacial score (nSPS) is 24.9. The summed E-state index contributed by atoms with van der Waals surface area (Å²) in [5, 5.41) is 3.72. The van der Waals surface area contributed by atoms with E-state index in [2.05, 4.69) is 73.5 Å². The van der Waals surface area contributed by atoms with Gasteiger partial charge in [-0.15, -0.1) is 11.3 Å². The SMILES string of the molecule is Cc1ccc(C(C)N2CCNC(C)(c3ccccc3)C2)s1. The monoisotopic (exact) mass is 300 g/mol. The minimum atomic E-state index is 0.0417. The largest absolute Gasteiger partial charge is 0.305 e. The Bertz CT molecular complexity index is 592. The second-order valence-electron chi connectivity index (χ2n) is 6.22. The molecule has 112 valence electrons. The molecule has 0 bridgehead atoms. The molecule has 2 nitrogen and oxygen atoms in total. The maximum Gasteiger partial charge on any atom is 0.0535 e. The van der Waals surface area contributed by atoms with Crippen molar-refractivity contribution in [3.63, 3.8) is 0 Å². The number of nitrogens with one attached hydrogen (secondary N) is 1. The van der Waals surface area contributed by atoms with Crippen molar-refractivity contribution in [1.82, 2.24) is 10.2 Å². The van der Waals surface area contributed by atoms with Gasteiger partial charge in [0.1, 0.15) is 0 Å². The molecule has 21 heavy (non-hydrogen) atoms. The van der Waals surface area contributed by atoms with E-state index in [1.54, 1.807) is 0 Å². The minimum Gasteiger partial charge on any atom is -0.305 e. The van der Waals surface area contributed by atoms with E-state index in [9.17, 15) is 0 Å². The van der Waals surface area contributed by atoms with Crippen molar-refractivity contribution in [1.29, 1.82) is 0 Å². The van der Waals surface area contributed by atoms with Crippen LogP contribution < -0.4 is 5.32 Å². The Hall–Kier alpha value is -1.16. The number of aryl methyl sites for hydroxylation is 1. The first-order valence-corrected chi connectivity index (χ1v) is 8.51. The second-order valence-corrected chi connectivity index (χ2v) is 7.54. The standard InChI is InChI=1S/C18H24N2S/c1-14-9-10-17(21-14)15(2)20-12-11-19-18(3,13-20)16-7-5-4-6-8-16/h4-10,15,19H,11-13H2,1-3H3. The summed E-state index contributed by atoms with van der Waals surface area (Å²) in [4.78, 5) is 5.48. The molecule has 0 saturated carbocycles. The van der Waals surface area contributed by atoms with Gasteiger partial charge in [0, 0.05) is 35.4 Å².